The van der Waals surface area contributed by atoms with E-state index in [1.54, 1.807) is 6.08 Å². The Balaban J connectivity index is 2.52. The molecule has 0 aromatic heterocycles. The van der Waals surface area contributed by atoms with Crippen molar-refractivity contribution in [1.29, 1.82) is 0 Å². The second-order valence-electron chi connectivity index (χ2n) is 15.6. The van der Waals surface area contributed by atoms with Gasteiger partial charge in [0.25, 0.3) is 0 Å². The van der Waals surface area contributed by atoms with Crippen LogP contribution in [0.4, 0.5) is 0 Å². The number of phosphoric ester groups is 1. The van der Waals surface area contributed by atoms with Crippen LogP contribution in [0.15, 0.2) is 24.3 Å². The number of aliphatic hydroxyl groups is 5. The van der Waals surface area contributed by atoms with Gasteiger partial charge in [0.1, 0.15) is 43.2 Å². The minimum absolute atomic E-state index is 0.156. The molecule has 1 aliphatic carbocycles. The Kier molecular flexibility index (Phi) is 31.9. The van der Waals surface area contributed by atoms with E-state index in [1.165, 1.54) is 102 Å². The second-order valence-corrected chi connectivity index (χ2v) is 17.0. The molecule has 0 heterocycles. The van der Waals surface area contributed by atoms with E-state index in [1.807, 2.05) is 0 Å². The van der Waals surface area contributed by atoms with E-state index in [2.05, 4.69) is 26.0 Å². The van der Waals surface area contributed by atoms with Crippen LogP contribution >= 0.6 is 7.82 Å². The molecule has 0 aromatic carbocycles. The molecule has 1 aliphatic rings. The van der Waals surface area contributed by atoms with E-state index in [-0.39, 0.29) is 6.42 Å². The van der Waals surface area contributed by atoms with Crippen molar-refractivity contribution < 1.29 is 63.1 Å². The van der Waals surface area contributed by atoms with Crippen molar-refractivity contribution in [3.05, 3.63) is 24.3 Å². The molecule has 0 spiro atoms. The van der Waals surface area contributed by atoms with E-state index >= 15 is 0 Å². The van der Waals surface area contributed by atoms with Crippen LogP contribution < -0.4 is 0 Å². The largest absolute Gasteiger partial charge is 0.472 e. The molecule has 1 fully saturated rings. The summed E-state index contributed by atoms with van der Waals surface area (Å²) in [5.41, 5.74) is 0. The Hall–Kier alpha value is -1.67. The Labute approximate surface area is 343 Å². The summed E-state index contributed by atoms with van der Waals surface area (Å²) in [6.07, 6.45) is 22.8. The number of rotatable bonds is 36. The zero-order chi connectivity index (χ0) is 42.2. The fraction of sp³-hybridized carbons (Fsp3) is 0.860. The standard InChI is InChI=1S/C43H79O13P/c1-3-5-7-9-11-13-15-17-18-20-22-24-26-28-30-32-37(45)55-35(34-54-57(51,52)56-43-41(49)39(47)38(46)40(48)42(43)50)33-53-36(44)31-29-27-25-23-21-19-16-14-12-10-8-6-4-2/h17-18,30,32,35,38-43,46-50H,3-16,19-29,31,33-34H2,1-2H3,(H,51,52). The first-order valence-corrected chi connectivity index (χ1v) is 23.7. The summed E-state index contributed by atoms with van der Waals surface area (Å²) >= 11 is 0. The van der Waals surface area contributed by atoms with Crippen molar-refractivity contribution in [1.82, 2.24) is 0 Å². The van der Waals surface area contributed by atoms with Crippen molar-refractivity contribution in [2.45, 2.75) is 224 Å². The van der Waals surface area contributed by atoms with Crippen LogP contribution in [0.5, 0.6) is 0 Å². The number of aliphatic hydroxyl groups excluding tert-OH is 5. The van der Waals surface area contributed by atoms with Gasteiger partial charge in [-0.15, -0.1) is 0 Å². The number of esters is 2. The Morgan fingerprint density at radius 2 is 0.965 bits per heavy atom. The molecule has 6 atom stereocenters. The Morgan fingerprint density at radius 3 is 1.46 bits per heavy atom. The molecule has 1 saturated carbocycles. The second kappa shape index (κ2) is 34.1. The van der Waals surface area contributed by atoms with Crippen LogP contribution in [0.3, 0.4) is 0 Å². The molecule has 6 N–H and O–H groups in total. The van der Waals surface area contributed by atoms with Crippen molar-refractivity contribution in [3.63, 3.8) is 0 Å². The van der Waals surface area contributed by atoms with E-state index in [9.17, 15) is 44.6 Å². The van der Waals surface area contributed by atoms with Gasteiger partial charge in [-0.1, -0.05) is 148 Å². The van der Waals surface area contributed by atoms with Gasteiger partial charge in [0.05, 0.1) is 6.61 Å². The van der Waals surface area contributed by atoms with Gasteiger partial charge in [-0.05, 0) is 44.9 Å². The number of hydrogen-bond acceptors (Lipinski definition) is 12. The minimum Gasteiger partial charge on any atom is -0.462 e. The quantitative estimate of drug-likeness (QED) is 0.0116. The van der Waals surface area contributed by atoms with Crippen LogP contribution in [-0.4, -0.2) is 98.3 Å². The number of allylic oxidation sites excluding steroid dienone is 3. The molecule has 0 amide bonds. The number of carbonyl (C=O) groups is 2. The third-order valence-electron chi connectivity index (χ3n) is 10.3. The normalized spacial score (nSPS) is 22.9. The zero-order valence-electron chi connectivity index (χ0n) is 35.1. The highest BCUT2D eigenvalue weighted by Crippen LogP contribution is 2.47. The third kappa shape index (κ3) is 26.9. The van der Waals surface area contributed by atoms with Crippen molar-refractivity contribution >= 4 is 19.8 Å². The molecule has 0 bridgehead atoms. The average Bonchev–Trinajstić information content (AvgIpc) is 3.19. The molecule has 14 heteroatoms. The number of carbonyl (C=O) groups excluding carboxylic acids is 2. The van der Waals surface area contributed by atoms with Gasteiger partial charge < -0.3 is 39.9 Å². The summed E-state index contributed by atoms with van der Waals surface area (Å²) < 4.78 is 33.3. The minimum atomic E-state index is -5.13. The predicted molar refractivity (Wildman–Crippen MR) is 221 cm³/mol. The molecular formula is C43H79O13P. The summed E-state index contributed by atoms with van der Waals surface area (Å²) in [6, 6.07) is 0. The molecule has 6 unspecified atom stereocenters. The summed E-state index contributed by atoms with van der Waals surface area (Å²) in [7, 11) is -5.13. The SMILES string of the molecule is CCCCCCCCC=CCCCCCC=CC(=O)OC(COC(=O)CCCCCCCCCCCCCCC)COP(=O)(O)OC1C(O)C(O)C(O)C(O)C1O. The van der Waals surface area contributed by atoms with E-state index < -0.39 is 75.7 Å². The van der Waals surface area contributed by atoms with Gasteiger partial charge in [0.15, 0.2) is 6.10 Å². The van der Waals surface area contributed by atoms with Crippen LogP contribution in [0.2, 0.25) is 0 Å². The maximum Gasteiger partial charge on any atom is 0.472 e. The molecule has 13 nitrogen and oxygen atoms in total. The topological polar surface area (TPSA) is 210 Å². The number of unbranched alkanes of at least 4 members (excludes halogenated alkanes) is 22. The first-order valence-electron chi connectivity index (χ1n) is 22.2. The number of hydrogen-bond donors (Lipinski definition) is 6. The maximum atomic E-state index is 12.8. The van der Waals surface area contributed by atoms with Crippen molar-refractivity contribution in [3.8, 4) is 0 Å². The average molecular weight is 835 g/mol. The Morgan fingerprint density at radius 1 is 0.561 bits per heavy atom. The zero-order valence-corrected chi connectivity index (χ0v) is 36.0. The molecular weight excluding hydrogens is 755 g/mol. The van der Waals surface area contributed by atoms with Crippen LogP contribution in [0.1, 0.15) is 181 Å². The molecule has 0 radical (unpaired) electrons. The predicted octanol–water partition coefficient (Wildman–Crippen LogP) is 8.06. The molecule has 57 heavy (non-hydrogen) atoms. The molecule has 334 valence electrons. The smallest absolute Gasteiger partial charge is 0.462 e. The summed E-state index contributed by atoms with van der Waals surface area (Å²) in [5.74, 6) is -1.30. The number of ether oxygens (including phenoxy) is 2. The van der Waals surface area contributed by atoms with Crippen molar-refractivity contribution in [2.24, 2.45) is 0 Å². The van der Waals surface area contributed by atoms with Gasteiger partial charge in [-0.25, -0.2) is 9.36 Å². The van der Waals surface area contributed by atoms with E-state index in [0.29, 0.717) is 12.8 Å². The lowest BCUT2D eigenvalue weighted by atomic mass is 9.85. The monoisotopic (exact) mass is 835 g/mol. The molecule has 0 saturated heterocycles. The Bertz CT molecular complexity index is 1100. The molecule has 0 aromatic rings. The van der Waals surface area contributed by atoms with Crippen molar-refractivity contribution in [2.75, 3.05) is 13.2 Å². The fourth-order valence-electron chi connectivity index (χ4n) is 6.71. The van der Waals surface area contributed by atoms with Crippen LogP contribution in [-0.2, 0) is 32.7 Å². The van der Waals surface area contributed by atoms with Gasteiger partial charge >= 0.3 is 19.8 Å². The molecule has 0 aliphatic heterocycles. The highest BCUT2D eigenvalue weighted by atomic mass is 31.2. The highest BCUT2D eigenvalue weighted by Gasteiger charge is 2.51. The lowest BCUT2D eigenvalue weighted by Gasteiger charge is -2.41. The number of phosphoric acid groups is 1. The van der Waals surface area contributed by atoms with Crippen LogP contribution in [0.25, 0.3) is 0 Å². The summed E-state index contributed by atoms with van der Waals surface area (Å²) in [5, 5.41) is 50.0. The lowest BCUT2D eigenvalue weighted by molar-refractivity contribution is -0.220. The first-order chi connectivity index (χ1) is 27.4. The van der Waals surface area contributed by atoms with Gasteiger partial charge in [0, 0.05) is 12.5 Å². The van der Waals surface area contributed by atoms with Gasteiger partial charge in [-0.3, -0.25) is 13.8 Å². The van der Waals surface area contributed by atoms with Gasteiger partial charge in [0.2, 0.25) is 0 Å². The molecule has 1 rings (SSSR count). The van der Waals surface area contributed by atoms with Crippen LogP contribution in [0, 0.1) is 0 Å². The maximum absolute atomic E-state index is 12.8. The van der Waals surface area contributed by atoms with E-state index in [4.69, 9.17) is 18.5 Å². The third-order valence-corrected chi connectivity index (χ3v) is 11.3. The highest BCUT2D eigenvalue weighted by molar-refractivity contribution is 7.47. The fourth-order valence-corrected chi connectivity index (χ4v) is 7.68. The summed E-state index contributed by atoms with van der Waals surface area (Å²) in [6.45, 7) is 3.21. The lowest BCUT2D eigenvalue weighted by Crippen LogP contribution is -2.64. The van der Waals surface area contributed by atoms with E-state index in [0.717, 1.165) is 51.4 Å². The first kappa shape index (κ1) is 53.3. The van der Waals surface area contributed by atoms with Gasteiger partial charge in [-0.2, -0.15) is 0 Å². The summed E-state index contributed by atoms with van der Waals surface area (Å²) in [4.78, 5) is 35.5.